The van der Waals surface area contributed by atoms with Gasteiger partial charge in [0.15, 0.2) is 0 Å². The van der Waals surface area contributed by atoms with Crippen LogP contribution in [0.1, 0.15) is 10.4 Å². The number of nitrogens with one attached hydrogen (secondary N) is 2. The molecule has 2 rings (SSSR count). The Balaban J connectivity index is 2.31. The predicted molar refractivity (Wildman–Crippen MR) is 69.1 cm³/mol. The zero-order valence-electron chi connectivity index (χ0n) is 9.34. The predicted octanol–water partition coefficient (Wildman–Crippen LogP) is 2.67. The molecular weight excluding hydrogens is 322 g/mol. The van der Waals surface area contributed by atoms with Gasteiger partial charge < -0.3 is 10.3 Å². The van der Waals surface area contributed by atoms with Crippen LogP contribution in [0.3, 0.4) is 0 Å². The van der Waals surface area contributed by atoms with Crippen LogP contribution in [0, 0.1) is 11.6 Å². The number of aromatic nitrogens is 1. The number of carbonyl (C=O) groups is 1. The first-order chi connectivity index (χ1) is 8.97. The third-order valence-corrected chi connectivity index (χ3v) is 2.75. The number of benzene rings is 1. The minimum Gasteiger partial charge on any atom is -0.326 e. The zero-order chi connectivity index (χ0) is 14.0. The number of amides is 1. The molecule has 0 spiro atoms. The Kier molecular flexibility index (Phi) is 3.75. The Morgan fingerprint density at radius 2 is 2.00 bits per heavy atom. The summed E-state index contributed by atoms with van der Waals surface area (Å²) in [7, 11) is 0. The quantitative estimate of drug-likeness (QED) is 0.890. The van der Waals surface area contributed by atoms with Crippen LogP contribution in [0.2, 0.25) is 0 Å². The number of anilines is 1. The van der Waals surface area contributed by atoms with Gasteiger partial charge in [-0.15, -0.1) is 0 Å². The van der Waals surface area contributed by atoms with E-state index in [4.69, 9.17) is 0 Å². The molecule has 2 N–H and O–H groups in total. The van der Waals surface area contributed by atoms with E-state index in [9.17, 15) is 18.4 Å². The summed E-state index contributed by atoms with van der Waals surface area (Å²) < 4.78 is 26.7. The summed E-state index contributed by atoms with van der Waals surface area (Å²) in [5.74, 6) is -2.61. The van der Waals surface area contributed by atoms with E-state index >= 15 is 0 Å². The number of aromatic amines is 1. The van der Waals surface area contributed by atoms with Gasteiger partial charge in [-0.05, 0) is 34.1 Å². The zero-order valence-corrected chi connectivity index (χ0v) is 10.9. The first-order valence-electron chi connectivity index (χ1n) is 5.12. The van der Waals surface area contributed by atoms with Gasteiger partial charge >= 0.3 is 0 Å². The molecule has 98 valence electrons. The van der Waals surface area contributed by atoms with Crippen LogP contribution in [-0.2, 0) is 0 Å². The third-order valence-electron chi connectivity index (χ3n) is 2.29. The second-order valence-electron chi connectivity index (χ2n) is 3.64. The number of hydrogen-bond acceptors (Lipinski definition) is 2. The maximum atomic E-state index is 13.4. The first kappa shape index (κ1) is 13.4. The maximum Gasteiger partial charge on any atom is 0.271 e. The second-order valence-corrected chi connectivity index (χ2v) is 4.55. The van der Waals surface area contributed by atoms with Crippen molar-refractivity contribution in [1.82, 2.24) is 4.98 Å². The lowest BCUT2D eigenvalue weighted by atomic mass is 10.2. The summed E-state index contributed by atoms with van der Waals surface area (Å²) in [5, 5.41) is 2.25. The Bertz CT molecular complexity index is 700. The van der Waals surface area contributed by atoms with E-state index in [1.165, 1.54) is 12.3 Å². The Labute approximate surface area is 114 Å². The lowest BCUT2D eigenvalue weighted by Crippen LogP contribution is -2.20. The van der Waals surface area contributed by atoms with Crippen molar-refractivity contribution < 1.29 is 13.6 Å². The molecule has 0 atom stereocenters. The Hall–Kier alpha value is -2.02. The van der Waals surface area contributed by atoms with Gasteiger partial charge in [-0.1, -0.05) is 0 Å². The largest absolute Gasteiger partial charge is 0.326 e. The molecule has 0 unspecified atom stereocenters. The number of hydrogen-bond donors (Lipinski definition) is 2. The van der Waals surface area contributed by atoms with E-state index in [-0.39, 0.29) is 11.3 Å². The van der Waals surface area contributed by atoms with Crippen LogP contribution >= 0.6 is 15.9 Å². The van der Waals surface area contributed by atoms with Gasteiger partial charge in [0.25, 0.3) is 11.5 Å². The lowest BCUT2D eigenvalue weighted by Gasteiger charge is -2.05. The van der Waals surface area contributed by atoms with Crippen molar-refractivity contribution in [3.05, 3.63) is 62.5 Å². The Morgan fingerprint density at radius 3 is 2.68 bits per heavy atom. The van der Waals surface area contributed by atoms with Crippen molar-refractivity contribution in [2.24, 2.45) is 0 Å². The average molecular weight is 329 g/mol. The monoisotopic (exact) mass is 328 g/mol. The fourth-order valence-corrected chi connectivity index (χ4v) is 1.76. The van der Waals surface area contributed by atoms with E-state index in [0.717, 1.165) is 12.1 Å². The van der Waals surface area contributed by atoms with Crippen LogP contribution < -0.4 is 10.9 Å². The minimum absolute atomic E-state index is 0.0388. The van der Waals surface area contributed by atoms with Gasteiger partial charge in [-0.2, -0.15) is 0 Å². The summed E-state index contributed by atoms with van der Waals surface area (Å²) >= 11 is 3.12. The van der Waals surface area contributed by atoms with Gasteiger partial charge in [0, 0.05) is 16.7 Å². The topological polar surface area (TPSA) is 62.0 Å². The SMILES string of the molecule is O=C(Nc1cc(Br)c[nH]c1=O)c1ccc(F)cc1F. The molecule has 0 saturated carbocycles. The molecule has 0 fully saturated rings. The van der Waals surface area contributed by atoms with Crippen molar-refractivity contribution in [2.75, 3.05) is 5.32 Å². The number of pyridine rings is 1. The standard InChI is InChI=1S/C12H7BrF2N2O2/c13-6-3-10(12(19)16-5-6)17-11(18)8-2-1-7(14)4-9(8)15/h1-5H,(H,16,19)(H,17,18). The highest BCUT2D eigenvalue weighted by Gasteiger charge is 2.14. The molecule has 7 heteroatoms. The second kappa shape index (κ2) is 5.31. The summed E-state index contributed by atoms with van der Waals surface area (Å²) in [6.07, 6.45) is 1.40. The van der Waals surface area contributed by atoms with Gasteiger partial charge in [-0.25, -0.2) is 8.78 Å². The maximum absolute atomic E-state index is 13.4. The molecule has 1 amide bonds. The van der Waals surface area contributed by atoms with Crippen LogP contribution in [0.15, 0.2) is 39.7 Å². The Morgan fingerprint density at radius 1 is 1.26 bits per heavy atom. The van der Waals surface area contributed by atoms with Crippen LogP contribution in [0.25, 0.3) is 0 Å². The first-order valence-corrected chi connectivity index (χ1v) is 5.91. The molecule has 0 aliphatic carbocycles. The van der Waals surface area contributed by atoms with Crippen LogP contribution in [-0.4, -0.2) is 10.9 Å². The van der Waals surface area contributed by atoms with Crippen molar-refractivity contribution in [3.63, 3.8) is 0 Å². The summed E-state index contributed by atoms with van der Waals surface area (Å²) in [6, 6.07) is 3.94. The van der Waals surface area contributed by atoms with E-state index in [1.54, 1.807) is 0 Å². The van der Waals surface area contributed by atoms with E-state index in [0.29, 0.717) is 10.5 Å². The molecule has 4 nitrogen and oxygen atoms in total. The van der Waals surface area contributed by atoms with Gasteiger partial charge in [0.2, 0.25) is 0 Å². The molecule has 0 saturated heterocycles. The highest BCUT2D eigenvalue weighted by Crippen LogP contribution is 2.14. The molecule has 0 bridgehead atoms. The van der Waals surface area contributed by atoms with Crippen LogP contribution in [0.5, 0.6) is 0 Å². The molecule has 1 aromatic heterocycles. The molecule has 1 heterocycles. The number of H-pyrrole nitrogens is 1. The van der Waals surface area contributed by atoms with E-state index in [1.807, 2.05) is 0 Å². The molecule has 0 aliphatic heterocycles. The number of halogens is 3. The van der Waals surface area contributed by atoms with Gasteiger partial charge in [0.1, 0.15) is 17.3 Å². The fourth-order valence-electron chi connectivity index (χ4n) is 1.41. The van der Waals surface area contributed by atoms with Crippen molar-refractivity contribution in [1.29, 1.82) is 0 Å². The van der Waals surface area contributed by atoms with Crippen molar-refractivity contribution >= 4 is 27.5 Å². The highest BCUT2D eigenvalue weighted by atomic mass is 79.9. The molecule has 0 aliphatic rings. The normalized spacial score (nSPS) is 10.3. The fraction of sp³-hybridized carbons (Fsp3) is 0. The number of carbonyl (C=O) groups excluding carboxylic acids is 1. The summed E-state index contributed by atoms with van der Waals surface area (Å²) in [4.78, 5) is 25.6. The van der Waals surface area contributed by atoms with E-state index < -0.39 is 23.1 Å². The minimum atomic E-state index is -0.996. The van der Waals surface area contributed by atoms with Gasteiger partial charge in [-0.3, -0.25) is 9.59 Å². The molecular formula is C12H7BrF2N2O2. The third kappa shape index (κ3) is 3.05. The lowest BCUT2D eigenvalue weighted by molar-refractivity contribution is 0.102. The summed E-state index contributed by atoms with van der Waals surface area (Å²) in [6.45, 7) is 0. The molecule has 0 radical (unpaired) electrons. The smallest absolute Gasteiger partial charge is 0.271 e. The highest BCUT2D eigenvalue weighted by molar-refractivity contribution is 9.10. The molecule has 2 aromatic rings. The van der Waals surface area contributed by atoms with Crippen LogP contribution in [0.4, 0.5) is 14.5 Å². The van der Waals surface area contributed by atoms with Crippen molar-refractivity contribution in [3.8, 4) is 0 Å². The summed E-state index contributed by atoms with van der Waals surface area (Å²) in [5.41, 5.74) is -0.914. The molecule has 19 heavy (non-hydrogen) atoms. The average Bonchev–Trinajstić information content (AvgIpc) is 2.33. The molecule has 1 aromatic carbocycles. The number of rotatable bonds is 2. The van der Waals surface area contributed by atoms with Gasteiger partial charge in [0.05, 0.1) is 5.56 Å². The van der Waals surface area contributed by atoms with E-state index in [2.05, 4.69) is 26.2 Å². The van der Waals surface area contributed by atoms with Crippen molar-refractivity contribution in [2.45, 2.75) is 0 Å².